The van der Waals surface area contributed by atoms with Crippen molar-refractivity contribution in [1.29, 1.82) is 0 Å². The Bertz CT molecular complexity index is 918. The standard InChI is InChI=1S/C19H14F2N2O2S/c20-13-4-1-3-12(9-13)11-22-16-7-8-26-17(16)18(24)23(19(22)25)15-6-2-5-14(21)10-15/h1-10,16-17H,11H2. The molecule has 0 aliphatic carbocycles. The Balaban J connectivity index is 1.71. The molecule has 2 unspecified atom stereocenters. The van der Waals surface area contributed by atoms with E-state index >= 15 is 0 Å². The fourth-order valence-electron chi connectivity index (χ4n) is 3.20. The number of hydrogen-bond acceptors (Lipinski definition) is 3. The predicted octanol–water partition coefficient (Wildman–Crippen LogP) is 3.93. The maximum atomic E-state index is 13.6. The summed E-state index contributed by atoms with van der Waals surface area (Å²) in [4.78, 5) is 28.4. The molecule has 0 radical (unpaired) electrons. The number of urea groups is 1. The molecule has 1 fully saturated rings. The first-order valence-electron chi connectivity index (χ1n) is 8.01. The number of amides is 3. The van der Waals surface area contributed by atoms with Crippen LogP contribution in [-0.4, -0.2) is 28.1 Å². The number of benzene rings is 2. The van der Waals surface area contributed by atoms with E-state index in [-0.39, 0.29) is 18.1 Å². The molecule has 2 atom stereocenters. The molecule has 0 saturated carbocycles. The van der Waals surface area contributed by atoms with E-state index in [0.717, 1.165) is 11.0 Å². The lowest BCUT2D eigenvalue weighted by Gasteiger charge is -2.41. The van der Waals surface area contributed by atoms with Gasteiger partial charge >= 0.3 is 6.03 Å². The van der Waals surface area contributed by atoms with Crippen molar-refractivity contribution in [2.24, 2.45) is 0 Å². The third-order valence-electron chi connectivity index (χ3n) is 4.38. The lowest BCUT2D eigenvalue weighted by molar-refractivity contribution is -0.119. The zero-order valence-corrected chi connectivity index (χ0v) is 14.3. The molecule has 4 nitrogen and oxygen atoms in total. The lowest BCUT2D eigenvalue weighted by Crippen LogP contribution is -2.61. The molecule has 0 N–H and O–H groups in total. The van der Waals surface area contributed by atoms with Crippen molar-refractivity contribution in [3.05, 3.63) is 77.2 Å². The highest BCUT2D eigenvalue weighted by Crippen LogP contribution is 2.37. The highest BCUT2D eigenvalue weighted by atomic mass is 32.2. The van der Waals surface area contributed by atoms with Crippen molar-refractivity contribution < 1.29 is 18.4 Å². The van der Waals surface area contributed by atoms with Gasteiger partial charge in [-0.1, -0.05) is 24.3 Å². The van der Waals surface area contributed by atoms with Gasteiger partial charge in [-0.25, -0.2) is 18.5 Å². The number of rotatable bonds is 3. The number of nitrogens with zero attached hydrogens (tertiary/aromatic N) is 2. The second-order valence-electron chi connectivity index (χ2n) is 6.07. The zero-order valence-electron chi connectivity index (χ0n) is 13.5. The molecular weight excluding hydrogens is 358 g/mol. The maximum Gasteiger partial charge on any atom is 0.332 e. The second kappa shape index (κ2) is 6.57. The first kappa shape index (κ1) is 16.8. The predicted molar refractivity (Wildman–Crippen MR) is 95.5 cm³/mol. The smallest absolute Gasteiger partial charge is 0.312 e. The van der Waals surface area contributed by atoms with Crippen LogP contribution in [0.25, 0.3) is 0 Å². The highest BCUT2D eigenvalue weighted by Gasteiger charge is 2.47. The fourth-order valence-corrected chi connectivity index (χ4v) is 4.24. The van der Waals surface area contributed by atoms with Crippen LogP contribution in [0.1, 0.15) is 5.56 Å². The molecule has 0 spiro atoms. The number of halogens is 2. The first-order chi connectivity index (χ1) is 12.5. The van der Waals surface area contributed by atoms with E-state index in [9.17, 15) is 18.4 Å². The Morgan fingerprint density at radius 2 is 1.73 bits per heavy atom. The van der Waals surface area contributed by atoms with Gasteiger partial charge in [-0.15, -0.1) is 11.8 Å². The van der Waals surface area contributed by atoms with E-state index in [1.807, 2.05) is 0 Å². The molecule has 2 aromatic carbocycles. The van der Waals surface area contributed by atoms with E-state index < -0.39 is 29.0 Å². The van der Waals surface area contributed by atoms with Crippen molar-refractivity contribution >= 4 is 29.4 Å². The second-order valence-corrected chi connectivity index (χ2v) is 7.12. The summed E-state index contributed by atoms with van der Waals surface area (Å²) in [5, 5.41) is 1.29. The normalized spacial score (nSPS) is 22.1. The van der Waals surface area contributed by atoms with Gasteiger partial charge in [0.15, 0.2) is 0 Å². The van der Waals surface area contributed by atoms with E-state index in [4.69, 9.17) is 0 Å². The van der Waals surface area contributed by atoms with Gasteiger partial charge in [-0.2, -0.15) is 0 Å². The zero-order chi connectivity index (χ0) is 18.3. The quantitative estimate of drug-likeness (QED) is 0.820. The van der Waals surface area contributed by atoms with Crippen LogP contribution in [0.4, 0.5) is 19.3 Å². The van der Waals surface area contributed by atoms with Gasteiger partial charge in [-0.05, 0) is 41.3 Å². The minimum atomic E-state index is -0.543. The Morgan fingerprint density at radius 3 is 2.46 bits per heavy atom. The molecule has 0 aromatic heterocycles. The average molecular weight is 372 g/mol. The van der Waals surface area contributed by atoms with Gasteiger partial charge in [-0.3, -0.25) is 4.79 Å². The van der Waals surface area contributed by atoms with Crippen LogP contribution in [0, 0.1) is 11.6 Å². The highest BCUT2D eigenvalue weighted by molar-refractivity contribution is 8.03. The molecular formula is C19H14F2N2O2S. The van der Waals surface area contributed by atoms with Crippen LogP contribution in [0.3, 0.4) is 0 Å². The van der Waals surface area contributed by atoms with Crippen LogP contribution in [0.2, 0.25) is 0 Å². The van der Waals surface area contributed by atoms with E-state index in [2.05, 4.69) is 0 Å². The minimum Gasteiger partial charge on any atom is -0.312 e. The molecule has 26 heavy (non-hydrogen) atoms. The summed E-state index contributed by atoms with van der Waals surface area (Å²) in [7, 11) is 0. The number of thioether (sulfide) groups is 1. The van der Waals surface area contributed by atoms with Crippen LogP contribution in [0.15, 0.2) is 60.0 Å². The first-order valence-corrected chi connectivity index (χ1v) is 8.95. The Morgan fingerprint density at radius 1 is 1.00 bits per heavy atom. The Kier molecular flexibility index (Phi) is 4.24. The number of fused-ring (bicyclic) bond motifs is 1. The summed E-state index contributed by atoms with van der Waals surface area (Å²) >= 11 is 1.32. The SMILES string of the molecule is O=C1C2SC=CC2N(Cc2cccc(F)c2)C(=O)N1c1cccc(F)c1. The number of anilines is 1. The van der Waals surface area contributed by atoms with Gasteiger partial charge in [0.25, 0.3) is 5.91 Å². The molecule has 2 aliphatic heterocycles. The molecule has 4 rings (SSSR count). The van der Waals surface area contributed by atoms with Gasteiger partial charge in [0.05, 0.1) is 11.7 Å². The van der Waals surface area contributed by atoms with Gasteiger partial charge in [0, 0.05) is 6.54 Å². The van der Waals surface area contributed by atoms with Crippen molar-refractivity contribution in [2.45, 2.75) is 17.8 Å². The molecule has 132 valence electrons. The van der Waals surface area contributed by atoms with Crippen molar-refractivity contribution in [1.82, 2.24) is 4.90 Å². The molecule has 7 heteroatoms. The van der Waals surface area contributed by atoms with Crippen LogP contribution < -0.4 is 4.90 Å². The summed E-state index contributed by atoms with van der Waals surface area (Å²) in [5.74, 6) is -1.30. The van der Waals surface area contributed by atoms with Gasteiger partial charge in [0.1, 0.15) is 16.9 Å². The van der Waals surface area contributed by atoms with E-state index in [1.165, 1.54) is 47.0 Å². The molecule has 3 amide bonds. The van der Waals surface area contributed by atoms with Crippen LogP contribution in [-0.2, 0) is 11.3 Å². The van der Waals surface area contributed by atoms with Crippen LogP contribution >= 0.6 is 11.8 Å². The van der Waals surface area contributed by atoms with Crippen molar-refractivity contribution in [2.75, 3.05) is 4.90 Å². The monoisotopic (exact) mass is 372 g/mol. The summed E-state index contributed by atoms with van der Waals surface area (Å²) < 4.78 is 27.1. The molecule has 2 aliphatic rings. The number of imide groups is 1. The van der Waals surface area contributed by atoms with Gasteiger partial charge in [0.2, 0.25) is 0 Å². The molecule has 2 heterocycles. The largest absolute Gasteiger partial charge is 0.332 e. The van der Waals surface area contributed by atoms with Crippen molar-refractivity contribution in [3.63, 3.8) is 0 Å². The average Bonchev–Trinajstić information content (AvgIpc) is 3.09. The number of carbonyl (C=O) groups is 2. The van der Waals surface area contributed by atoms with E-state index in [1.54, 1.807) is 23.6 Å². The van der Waals surface area contributed by atoms with Gasteiger partial charge < -0.3 is 4.90 Å². The lowest BCUT2D eigenvalue weighted by atomic mass is 10.1. The third-order valence-corrected chi connectivity index (χ3v) is 5.47. The molecule has 1 saturated heterocycles. The summed E-state index contributed by atoms with van der Waals surface area (Å²) in [5.41, 5.74) is 0.811. The van der Waals surface area contributed by atoms with Crippen LogP contribution in [0.5, 0.6) is 0 Å². The topological polar surface area (TPSA) is 40.6 Å². The Labute approximate surface area is 153 Å². The van der Waals surface area contributed by atoms with Crippen molar-refractivity contribution in [3.8, 4) is 0 Å². The maximum absolute atomic E-state index is 13.6. The minimum absolute atomic E-state index is 0.155. The molecule has 0 bridgehead atoms. The van der Waals surface area contributed by atoms with E-state index in [0.29, 0.717) is 5.56 Å². The fraction of sp³-hybridized carbons (Fsp3) is 0.158. The number of carbonyl (C=O) groups excluding carboxylic acids is 2. The number of hydrogen-bond donors (Lipinski definition) is 0. The third kappa shape index (κ3) is 2.88. The molecule has 2 aromatic rings. The summed E-state index contributed by atoms with van der Waals surface area (Å²) in [6.45, 7) is 0.155. The Hall–Kier alpha value is -2.67. The summed E-state index contributed by atoms with van der Waals surface area (Å²) in [6, 6.07) is 10.4. The summed E-state index contributed by atoms with van der Waals surface area (Å²) in [6.07, 6.45) is 1.80.